The topological polar surface area (TPSA) is 44.1 Å². The number of rotatable bonds is 5. The number of hydrogen-bond acceptors (Lipinski definition) is 3. The van der Waals surface area contributed by atoms with Gasteiger partial charge in [0.25, 0.3) is 0 Å². The van der Waals surface area contributed by atoms with Crippen molar-refractivity contribution < 1.29 is 22.7 Å². The summed E-state index contributed by atoms with van der Waals surface area (Å²) in [6.07, 6.45) is 0.208. The molecule has 0 amide bonds. The van der Waals surface area contributed by atoms with Gasteiger partial charge in [-0.05, 0) is 26.3 Å². The van der Waals surface area contributed by atoms with Crippen LogP contribution in [0.5, 0.6) is 0 Å². The number of carbonyl (C=O) groups excluding carboxylic acids is 1. The van der Waals surface area contributed by atoms with Crippen molar-refractivity contribution in [3.05, 3.63) is 29.9 Å². The van der Waals surface area contributed by atoms with Crippen LogP contribution in [0.25, 0.3) is 0 Å². The van der Waals surface area contributed by atoms with Gasteiger partial charge in [-0.2, -0.15) is 13.9 Å². The van der Waals surface area contributed by atoms with Gasteiger partial charge in [-0.15, -0.1) is 0 Å². The normalized spacial score (nSPS) is 11.3. The van der Waals surface area contributed by atoms with Crippen LogP contribution in [-0.2, 0) is 15.1 Å². The second-order valence-electron chi connectivity index (χ2n) is 4.57. The van der Waals surface area contributed by atoms with Crippen LogP contribution in [-0.4, -0.2) is 22.4 Å². The number of esters is 1. The van der Waals surface area contributed by atoms with E-state index in [0.717, 1.165) is 5.56 Å². The van der Waals surface area contributed by atoms with Crippen LogP contribution in [0.2, 0.25) is 0 Å². The minimum absolute atomic E-state index is 0.439. The molecule has 0 N–H and O–H groups in total. The van der Waals surface area contributed by atoms with Crippen molar-refractivity contribution in [3.63, 3.8) is 0 Å². The summed E-state index contributed by atoms with van der Waals surface area (Å²) in [7, 11) is 0. The van der Waals surface area contributed by atoms with Crippen LogP contribution in [0.1, 0.15) is 25.8 Å². The summed E-state index contributed by atoms with van der Waals surface area (Å²) >= 11 is 0. The van der Waals surface area contributed by atoms with Gasteiger partial charge in [0.1, 0.15) is 0 Å². The van der Waals surface area contributed by atoms with Crippen LogP contribution in [0.4, 0.5) is 13.2 Å². The number of aryl methyl sites for hydroxylation is 1. The van der Waals surface area contributed by atoms with E-state index >= 15 is 0 Å². The minimum atomic E-state index is -2.39. The molecule has 0 saturated heterocycles. The lowest BCUT2D eigenvalue weighted by atomic mass is 10.1. The second-order valence-corrected chi connectivity index (χ2v) is 4.57. The van der Waals surface area contributed by atoms with E-state index in [-0.39, 0.29) is 0 Å². The second kappa shape index (κ2) is 5.90. The predicted octanol–water partition coefficient (Wildman–Crippen LogP) is 2.94. The van der Waals surface area contributed by atoms with E-state index < -0.39 is 36.4 Å². The highest BCUT2D eigenvalue weighted by Crippen LogP contribution is 2.18. The maximum Gasteiger partial charge on any atom is 0.333 e. The fourth-order valence-electron chi connectivity index (χ4n) is 1.32. The van der Waals surface area contributed by atoms with Gasteiger partial charge in [-0.25, -0.2) is 9.18 Å². The molecule has 0 aromatic carbocycles. The Morgan fingerprint density at radius 1 is 1.42 bits per heavy atom. The average Bonchev–Trinajstić information content (AvgIpc) is 2.75. The summed E-state index contributed by atoms with van der Waals surface area (Å²) in [5.74, 6) is -2.23. The highest BCUT2D eigenvalue weighted by molar-refractivity contribution is 5.77. The molecular formula is C12H15F3N2O2. The quantitative estimate of drug-likeness (QED) is 0.777. The number of ether oxygens (including phenoxy) is 1. The summed E-state index contributed by atoms with van der Waals surface area (Å²) < 4.78 is 42.3. The highest BCUT2D eigenvalue weighted by atomic mass is 19.3. The summed E-state index contributed by atoms with van der Waals surface area (Å²) in [4.78, 5) is 11.8. The van der Waals surface area contributed by atoms with Crippen molar-refractivity contribution in [2.75, 3.05) is 6.61 Å². The van der Waals surface area contributed by atoms with Crippen LogP contribution >= 0.6 is 0 Å². The van der Waals surface area contributed by atoms with E-state index in [0.29, 0.717) is 0 Å². The van der Waals surface area contributed by atoms with Gasteiger partial charge in [-0.1, -0.05) is 0 Å². The summed E-state index contributed by atoms with van der Waals surface area (Å²) in [6.45, 7) is 4.52. The standard InChI is InChI=1S/C12H15F3N2O2/c1-8-6-16-17(7-8)12(2,3)11(18)19-5-4-9(13)10(14)15/h6-7H,4-5H2,1-3H3. The molecule has 4 nitrogen and oxygen atoms in total. The van der Waals surface area contributed by atoms with Gasteiger partial charge in [-0.3, -0.25) is 4.68 Å². The first kappa shape index (κ1) is 15.3. The summed E-state index contributed by atoms with van der Waals surface area (Å²) in [5, 5.41) is 3.99. The van der Waals surface area contributed by atoms with Crippen molar-refractivity contribution in [3.8, 4) is 0 Å². The molecule has 0 atom stereocenters. The number of carbonyl (C=O) groups is 1. The molecule has 0 aliphatic heterocycles. The SMILES string of the molecule is Cc1cnn(C(C)(C)C(=O)OCCC(F)=C(F)F)c1. The fourth-order valence-corrected chi connectivity index (χ4v) is 1.32. The Morgan fingerprint density at radius 2 is 2.05 bits per heavy atom. The zero-order valence-corrected chi connectivity index (χ0v) is 10.9. The van der Waals surface area contributed by atoms with E-state index in [9.17, 15) is 18.0 Å². The monoisotopic (exact) mass is 276 g/mol. The third-order valence-corrected chi connectivity index (χ3v) is 2.54. The molecule has 0 aliphatic rings. The first-order valence-electron chi connectivity index (χ1n) is 5.63. The molecule has 0 unspecified atom stereocenters. The number of hydrogen-bond donors (Lipinski definition) is 0. The fraction of sp³-hybridized carbons (Fsp3) is 0.500. The molecule has 1 aromatic rings. The molecule has 1 rings (SSSR count). The lowest BCUT2D eigenvalue weighted by Gasteiger charge is -2.23. The van der Waals surface area contributed by atoms with Gasteiger partial charge in [0.2, 0.25) is 0 Å². The molecule has 0 saturated carbocycles. The van der Waals surface area contributed by atoms with Crippen LogP contribution < -0.4 is 0 Å². The molecule has 106 valence electrons. The Morgan fingerprint density at radius 3 is 2.53 bits per heavy atom. The van der Waals surface area contributed by atoms with Crippen LogP contribution in [0.15, 0.2) is 24.3 Å². The third-order valence-electron chi connectivity index (χ3n) is 2.54. The molecule has 0 fully saturated rings. The zero-order valence-electron chi connectivity index (χ0n) is 10.9. The van der Waals surface area contributed by atoms with Crippen LogP contribution in [0, 0.1) is 6.92 Å². The van der Waals surface area contributed by atoms with Gasteiger partial charge >= 0.3 is 12.0 Å². The molecule has 0 bridgehead atoms. The van der Waals surface area contributed by atoms with Crippen LogP contribution in [0.3, 0.4) is 0 Å². The molecule has 7 heteroatoms. The smallest absolute Gasteiger partial charge is 0.333 e. The van der Waals surface area contributed by atoms with E-state index in [1.165, 1.54) is 4.68 Å². The van der Waals surface area contributed by atoms with Crippen molar-refractivity contribution in [2.45, 2.75) is 32.7 Å². The maximum absolute atomic E-state index is 12.5. The van der Waals surface area contributed by atoms with E-state index in [1.807, 2.05) is 6.92 Å². The molecule has 19 heavy (non-hydrogen) atoms. The minimum Gasteiger partial charge on any atom is -0.463 e. The predicted molar refractivity (Wildman–Crippen MR) is 62.2 cm³/mol. The first-order chi connectivity index (χ1) is 8.75. The first-order valence-corrected chi connectivity index (χ1v) is 5.63. The Hall–Kier alpha value is -1.79. The molecule has 0 aliphatic carbocycles. The zero-order chi connectivity index (χ0) is 14.6. The molecule has 0 spiro atoms. The Kier molecular flexibility index (Phi) is 4.74. The Balaban J connectivity index is 2.60. The number of nitrogens with zero attached hydrogens (tertiary/aromatic N) is 2. The van der Waals surface area contributed by atoms with E-state index in [2.05, 4.69) is 5.10 Å². The van der Waals surface area contributed by atoms with Crippen molar-refractivity contribution in [2.24, 2.45) is 0 Å². The van der Waals surface area contributed by atoms with E-state index in [4.69, 9.17) is 4.74 Å². The molecule has 1 aromatic heterocycles. The van der Waals surface area contributed by atoms with Crippen molar-refractivity contribution in [1.29, 1.82) is 0 Å². The molecule has 1 heterocycles. The number of halogens is 3. The Labute approximate surface area is 108 Å². The number of aromatic nitrogens is 2. The highest BCUT2D eigenvalue weighted by Gasteiger charge is 2.32. The van der Waals surface area contributed by atoms with Crippen molar-refractivity contribution >= 4 is 5.97 Å². The third kappa shape index (κ3) is 3.84. The van der Waals surface area contributed by atoms with Crippen molar-refractivity contribution in [1.82, 2.24) is 9.78 Å². The van der Waals surface area contributed by atoms with Gasteiger partial charge in [0, 0.05) is 12.6 Å². The summed E-state index contributed by atoms with van der Waals surface area (Å²) in [6, 6.07) is 0. The summed E-state index contributed by atoms with van der Waals surface area (Å²) in [5.41, 5.74) is -0.211. The Bertz CT molecular complexity index is 491. The molecular weight excluding hydrogens is 261 g/mol. The lowest BCUT2D eigenvalue weighted by molar-refractivity contribution is -0.153. The maximum atomic E-state index is 12.5. The van der Waals surface area contributed by atoms with Gasteiger partial charge in [0.15, 0.2) is 11.4 Å². The van der Waals surface area contributed by atoms with Gasteiger partial charge < -0.3 is 4.74 Å². The molecule has 0 radical (unpaired) electrons. The largest absolute Gasteiger partial charge is 0.463 e. The van der Waals surface area contributed by atoms with E-state index in [1.54, 1.807) is 26.2 Å². The lowest BCUT2D eigenvalue weighted by Crippen LogP contribution is -2.38. The van der Waals surface area contributed by atoms with Gasteiger partial charge in [0.05, 0.1) is 12.8 Å². The average molecular weight is 276 g/mol.